The molecule has 0 radical (unpaired) electrons. The molecule has 4 aromatic heterocycles. The van der Waals surface area contributed by atoms with Crippen molar-refractivity contribution < 1.29 is 8.83 Å². The maximum Gasteiger partial charge on any atom is 0.135 e. The molecule has 2 N–H and O–H groups in total. The van der Waals surface area contributed by atoms with E-state index in [9.17, 15) is 0 Å². The van der Waals surface area contributed by atoms with Gasteiger partial charge in [-0.25, -0.2) is 0 Å². The fraction of sp³-hybridized carbons (Fsp3) is 0. The maximum absolute atomic E-state index is 6.39. The van der Waals surface area contributed by atoms with Gasteiger partial charge in [-0.05, 0) is 108 Å². The number of fused-ring (bicyclic) bond motifs is 11. The summed E-state index contributed by atoms with van der Waals surface area (Å²) in [5.74, 6) is 0. The van der Waals surface area contributed by atoms with Crippen molar-refractivity contribution in [2.45, 2.75) is 0 Å². The highest BCUT2D eigenvalue weighted by Crippen LogP contribution is 2.39. The number of benzene rings is 8. The lowest BCUT2D eigenvalue weighted by Crippen LogP contribution is -1.99. The van der Waals surface area contributed by atoms with Crippen LogP contribution in [-0.2, 0) is 0 Å². The predicted octanol–water partition coefficient (Wildman–Crippen LogP) is 13.1. The second-order valence-corrected chi connectivity index (χ2v) is 14.0. The molecule has 254 valence electrons. The lowest BCUT2D eigenvalue weighted by Gasteiger charge is -2.09. The molecule has 0 unspecified atom stereocenters. The van der Waals surface area contributed by atoms with Gasteiger partial charge in [0.05, 0.1) is 38.8 Å². The molecule has 12 rings (SSSR count). The van der Waals surface area contributed by atoms with E-state index in [-0.39, 0.29) is 0 Å². The average molecular weight is 695 g/mol. The van der Waals surface area contributed by atoms with E-state index in [1.54, 1.807) is 0 Å². The van der Waals surface area contributed by atoms with Gasteiger partial charge in [0.25, 0.3) is 0 Å². The third-order valence-electron chi connectivity index (χ3n) is 10.9. The van der Waals surface area contributed by atoms with Crippen LogP contribution >= 0.6 is 0 Å². The Hall–Kier alpha value is -7.44. The second kappa shape index (κ2) is 11.0. The number of hydrogen-bond donors (Lipinski definition) is 2. The summed E-state index contributed by atoms with van der Waals surface area (Å²) in [6, 6.07) is 59.7. The van der Waals surface area contributed by atoms with Crippen molar-refractivity contribution in [1.29, 1.82) is 0 Å². The van der Waals surface area contributed by atoms with Crippen molar-refractivity contribution in [3.05, 3.63) is 170 Å². The van der Waals surface area contributed by atoms with Gasteiger partial charge < -0.3 is 18.4 Å². The molecular weight excluding hydrogens is 665 g/mol. The summed E-state index contributed by atoms with van der Waals surface area (Å²) in [4.78, 5) is 3.61. The zero-order valence-electron chi connectivity index (χ0n) is 28.9. The van der Waals surface area contributed by atoms with Crippen LogP contribution in [0, 0.1) is 0 Å². The molecule has 0 atom stereocenters. The molecule has 4 heterocycles. The maximum atomic E-state index is 6.39. The number of para-hydroxylation sites is 6. The van der Waals surface area contributed by atoms with E-state index >= 15 is 0 Å². The van der Waals surface area contributed by atoms with Crippen molar-refractivity contribution in [2.24, 2.45) is 0 Å². The number of aromatic amines is 2. The molecule has 0 saturated carbocycles. The van der Waals surface area contributed by atoms with Crippen LogP contribution in [0.1, 0.15) is 0 Å². The molecule has 0 amide bonds. The van der Waals surface area contributed by atoms with E-state index < -0.39 is 0 Å². The van der Waals surface area contributed by atoms with E-state index in [2.05, 4.69) is 177 Å². The van der Waals surface area contributed by atoms with Gasteiger partial charge in [-0.1, -0.05) is 72.8 Å². The quantitative estimate of drug-likeness (QED) is 0.193. The third-order valence-corrected chi connectivity index (χ3v) is 10.9. The largest absolute Gasteiger partial charge is 0.456 e. The molecule has 0 saturated heterocycles. The molecule has 0 fully saturated rings. The number of H-pyrrole nitrogens is 2. The number of furan rings is 2. The van der Waals surface area contributed by atoms with Crippen LogP contribution in [0.4, 0.5) is 0 Å². The first-order chi connectivity index (χ1) is 26.7. The predicted molar refractivity (Wildman–Crippen MR) is 221 cm³/mol. The van der Waals surface area contributed by atoms with Crippen LogP contribution in [0.15, 0.2) is 179 Å². The molecule has 0 aliphatic heterocycles. The van der Waals surface area contributed by atoms with E-state index in [1.807, 2.05) is 12.1 Å². The van der Waals surface area contributed by atoms with Crippen LogP contribution in [0.25, 0.3) is 110 Å². The molecule has 54 heavy (non-hydrogen) atoms. The normalized spacial score (nSPS) is 12.1. The van der Waals surface area contributed by atoms with Crippen LogP contribution < -0.4 is 0 Å². The highest BCUT2D eigenvalue weighted by atomic mass is 16.3. The minimum absolute atomic E-state index is 0.849. The molecule has 0 spiro atoms. The Bertz CT molecular complexity index is 3470. The van der Waals surface area contributed by atoms with Gasteiger partial charge in [0.15, 0.2) is 0 Å². The first-order valence-corrected chi connectivity index (χ1v) is 18.2. The van der Waals surface area contributed by atoms with Gasteiger partial charge in [-0.2, -0.15) is 0 Å². The lowest BCUT2D eigenvalue weighted by molar-refractivity contribution is 0.668. The zero-order chi connectivity index (χ0) is 35.3. The summed E-state index contributed by atoms with van der Waals surface area (Å²) in [7, 11) is 0. The monoisotopic (exact) mass is 694 g/mol. The number of nitrogens with one attached hydrogen (secondary N) is 2. The van der Waals surface area contributed by atoms with Crippen LogP contribution in [-0.4, -0.2) is 19.3 Å². The molecule has 0 bridgehead atoms. The smallest absolute Gasteiger partial charge is 0.135 e. The standard InChI is InChI=1S/C48H30N4O2/c1-6-14-42-33(9-1)34-10-2-7-15-43(34)51(42)31-19-23-47-37(27-31)35-25-29(17-21-45(35)53-47)30-18-22-46-36(26-30)38-28-32(20-24-48(38)54-46)52-44-16-8-5-13-41(44)49-39-11-3-4-12-40(39)50-52/h1-28,49-50H. The third kappa shape index (κ3) is 4.28. The molecular formula is C48H30N4O2. The van der Waals surface area contributed by atoms with Crippen molar-refractivity contribution in [2.75, 3.05) is 0 Å². The van der Waals surface area contributed by atoms with Gasteiger partial charge in [-0.15, -0.1) is 0 Å². The molecule has 12 aromatic rings. The van der Waals surface area contributed by atoms with Crippen molar-refractivity contribution in [3.63, 3.8) is 0 Å². The summed E-state index contributed by atoms with van der Waals surface area (Å²) < 4.78 is 17.3. The van der Waals surface area contributed by atoms with Crippen molar-refractivity contribution >= 4 is 87.7 Å². The Morgan fingerprint density at radius 3 is 1.44 bits per heavy atom. The number of aromatic nitrogens is 4. The average Bonchev–Trinajstić information content (AvgIpc) is 3.85. The molecule has 6 nitrogen and oxygen atoms in total. The minimum atomic E-state index is 0.849. The Morgan fingerprint density at radius 2 is 0.815 bits per heavy atom. The first-order valence-electron chi connectivity index (χ1n) is 18.2. The molecule has 6 heteroatoms. The van der Waals surface area contributed by atoms with Gasteiger partial charge >= 0.3 is 0 Å². The van der Waals surface area contributed by atoms with Gasteiger partial charge in [-0.3, -0.25) is 9.78 Å². The summed E-state index contributed by atoms with van der Waals surface area (Å²) in [6.45, 7) is 0. The fourth-order valence-corrected chi connectivity index (χ4v) is 8.36. The number of rotatable bonds is 3. The molecule has 0 aliphatic rings. The highest BCUT2D eigenvalue weighted by molar-refractivity contribution is 6.12. The van der Waals surface area contributed by atoms with Crippen LogP contribution in [0.3, 0.4) is 0 Å². The van der Waals surface area contributed by atoms with Crippen molar-refractivity contribution in [1.82, 2.24) is 19.3 Å². The summed E-state index contributed by atoms with van der Waals surface area (Å²) in [6.07, 6.45) is 0. The number of nitrogens with zero attached hydrogens (tertiary/aromatic N) is 2. The number of hydrogen-bond acceptors (Lipinski definition) is 2. The molecule has 0 aliphatic carbocycles. The highest BCUT2D eigenvalue weighted by Gasteiger charge is 2.16. The Balaban J connectivity index is 1.01. The van der Waals surface area contributed by atoms with E-state index in [0.29, 0.717) is 0 Å². The Labute approximate surface area is 307 Å². The van der Waals surface area contributed by atoms with Crippen LogP contribution in [0.2, 0.25) is 0 Å². The summed E-state index contributed by atoms with van der Waals surface area (Å²) in [5.41, 5.74) is 14.2. The second-order valence-electron chi connectivity index (χ2n) is 14.0. The van der Waals surface area contributed by atoms with Crippen molar-refractivity contribution in [3.8, 4) is 22.5 Å². The van der Waals surface area contributed by atoms with E-state index in [4.69, 9.17) is 8.83 Å². The van der Waals surface area contributed by atoms with Crippen LogP contribution in [0.5, 0.6) is 0 Å². The van der Waals surface area contributed by atoms with Gasteiger partial charge in [0.2, 0.25) is 0 Å². The van der Waals surface area contributed by atoms with Gasteiger partial charge in [0, 0.05) is 38.0 Å². The SMILES string of the molecule is c1ccc2[nH]n(-c3ccc4oc5ccc(-c6ccc7oc8ccc(-n9c%10ccccc%10c%10ccccc%109)cc8c7c6)cc5c4c3)c3ccccc3[nH]c2c1. The van der Waals surface area contributed by atoms with E-state index in [1.165, 1.54) is 21.8 Å². The van der Waals surface area contributed by atoms with Gasteiger partial charge in [0.1, 0.15) is 22.3 Å². The zero-order valence-corrected chi connectivity index (χ0v) is 28.9. The first kappa shape index (κ1) is 29.2. The topological polar surface area (TPSA) is 67.7 Å². The molecule has 8 aromatic carbocycles. The fourth-order valence-electron chi connectivity index (χ4n) is 8.36. The Kier molecular flexibility index (Phi) is 5.96. The Morgan fingerprint density at radius 1 is 0.352 bits per heavy atom. The lowest BCUT2D eigenvalue weighted by atomic mass is 10.0. The minimum Gasteiger partial charge on any atom is -0.456 e. The summed E-state index contributed by atoms with van der Waals surface area (Å²) >= 11 is 0. The summed E-state index contributed by atoms with van der Waals surface area (Å²) in [5, 5.41) is 10.5. The van der Waals surface area contributed by atoms with E-state index in [0.717, 1.165) is 88.4 Å².